The van der Waals surface area contributed by atoms with E-state index in [9.17, 15) is 4.79 Å². The Morgan fingerprint density at radius 1 is 1.47 bits per heavy atom. The molecule has 2 N–H and O–H groups in total. The number of ether oxygens (including phenoxy) is 1. The summed E-state index contributed by atoms with van der Waals surface area (Å²) in [6.45, 7) is 6.53. The van der Waals surface area contributed by atoms with Crippen LogP contribution in [0, 0.1) is 6.92 Å². The molecule has 0 aliphatic rings. The van der Waals surface area contributed by atoms with Crippen molar-refractivity contribution in [2.24, 2.45) is 5.73 Å². The van der Waals surface area contributed by atoms with Crippen molar-refractivity contribution in [3.05, 3.63) is 17.5 Å². The molecule has 0 fully saturated rings. The normalized spacial score (nSPS) is 10.1. The predicted octanol–water partition coefficient (Wildman–Crippen LogP) is 0.809. The first-order valence-corrected chi connectivity index (χ1v) is 6.44. The minimum absolute atomic E-state index is 0.102. The molecule has 1 aromatic rings. The maximum absolute atomic E-state index is 11.5. The van der Waals surface area contributed by atoms with Crippen molar-refractivity contribution in [3.63, 3.8) is 0 Å². The van der Waals surface area contributed by atoms with E-state index in [1.54, 1.807) is 17.9 Å². The summed E-state index contributed by atoms with van der Waals surface area (Å²) in [6.07, 6.45) is 0. The van der Waals surface area contributed by atoms with Crippen molar-refractivity contribution < 1.29 is 9.53 Å². The second-order valence-corrected chi connectivity index (χ2v) is 4.32. The van der Waals surface area contributed by atoms with Crippen LogP contribution < -0.4 is 10.6 Å². The topological polar surface area (TPSA) is 81.3 Å². The third kappa shape index (κ3) is 4.44. The summed E-state index contributed by atoms with van der Waals surface area (Å²) >= 11 is 4.91. The number of carbonyl (C=O) groups is 1. The highest BCUT2D eigenvalue weighted by molar-refractivity contribution is 7.80. The average Bonchev–Trinajstić information content (AvgIpc) is 2.35. The third-order valence-electron chi connectivity index (χ3n) is 2.38. The molecular weight excluding hydrogens is 264 g/mol. The maximum Gasteiger partial charge on any atom is 0.325 e. The maximum atomic E-state index is 11.5. The second-order valence-electron chi connectivity index (χ2n) is 3.88. The number of aryl methyl sites for hydroxylation is 1. The molecule has 0 unspecified atom stereocenters. The van der Waals surface area contributed by atoms with Crippen LogP contribution in [0.1, 0.15) is 25.2 Å². The van der Waals surface area contributed by atoms with Gasteiger partial charge >= 0.3 is 5.97 Å². The Labute approximate surface area is 118 Å². The number of likely N-dealkylation sites (N-methyl/N-ethyl adjacent to an activating group) is 1. The van der Waals surface area contributed by atoms with E-state index in [0.717, 1.165) is 5.69 Å². The summed E-state index contributed by atoms with van der Waals surface area (Å²) in [5.74, 6) is 0.115. The number of rotatable bonds is 6. The van der Waals surface area contributed by atoms with Crippen molar-refractivity contribution >= 4 is 29.1 Å². The molecule has 104 valence electrons. The van der Waals surface area contributed by atoms with Crippen molar-refractivity contribution in [1.82, 2.24) is 9.97 Å². The number of carbonyl (C=O) groups excluding carboxylic acids is 1. The largest absolute Gasteiger partial charge is 0.465 e. The van der Waals surface area contributed by atoms with Crippen molar-refractivity contribution in [2.75, 3.05) is 24.6 Å². The molecule has 1 rings (SSSR count). The molecule has 0 atom stereocenters. The lowest BCUT2D eigenvalue weighted by molar-refractivity contribution is -0.141. The highest BCUT2D eigenvalue weighted by Crippen LogP contribution is 2.10. The van der Waals surface area contributed by atoms with Gasteiger partial charge in [-0.3, -0.25) is 4.79 Å². The molecule has 6 nitrogen and oxygen atoms in total. The smallest absolute Gasteiger partial charge is 0.325 e. The first-order valence-electron chi connectivity index (χ1n) is 6.04. The molecule has 1 aromatic heterocycles. The minimum atomic E-state index is -0.314. The van der Waals surface area contributed by atoms with Crippen LogP contribution in [0.5, 0.6) is 0 Å². The number of hydrogen-bond acceptors (Lipinski definition) is 6. The monoisotopic (exact) mass is 282 g/mol. The average molecular weight is 282 g/mol. The Bertz CT molecular complexity index is 479. The van der Waals surface area contributed by atoms with Gasteiger partial charge in [0.25, 0.3) is 0 Å². The fourth-order valence-electron chi connectivity index (χ4n) is 1.51. The van der Waals surface area contributed by atoms with E-state index in [0.29, 0.717) is 24.8 Å². The summed E-state index contributed by atoms with van der Waals surface area (Å²) in [5, 5.41) is 0. The zero-order chi connectivity index (χ0) is 14.4. The number of esters is 1. The third-order valence-corrected chi connectivity index (χ3v) is 2.59. The quantitative estimate of drug-likeness (QED) is 0.610. The number of aromatic nitrogens is 2. The van der Waals surface area contributed by atoms with Crippen molar-refractivity contribution in [2.45, 2.75) is 20.8 Å². The summed E-state index contributed by atoms with van der Waals surface area (Å²) in [7, 11) is 0. The molecule has 0 amide bonds. The molecule has 0 radical (unpaired) electrons. The van der Waals surface area contributed by atoms with Gasteiger partial charge in [-0.15, -0.1) is 0 Å². The highest BCUT2D eigenvalue weighted by Gasteiger charge is 2.15. The Morgan fingerprint density at radius 2 is 2.16 bits per heavy atom. The van der Waals surface area contributed by atoms with Gasteiger partial charge < -0.3 is 15.4 Å². The minimum Gasteiger partial charge on any atom is -0.465 e. The van der Waals surface area contributed by atoms with Crippen LogP contribution in [0.3, 0.4) is 0 Å². The number of nitrogens with two attached hydrogens (primary N) is 1. The SMILES string of the molecule is CCOC(=O)CN(CC)c1nc(C)cc(C(N)=S)n1. The molecule has 0 spiro atoms. The van der Waals surface area contributed by atoms with E-state index in [2.05, 4.69) is 9.97 Å². The molecule has 0 aliphatic heterocycles. The van der Waals surface area contributed by atoms with E-state index in [1.807, 2.05) is 13.8 Å². The Morgan fingerprint density at radius 3 is 2.68 bits per heavy atom. The number of nitrogens with zero attached hydrogens (tertiary/aromatic N) is 3. The number of thiocarbonyl (C=S) groups is 1. The first-order chi connectivity index (χ1) is 8.97. The van der Waals surface area contributed by atoms with Gasteiger partial charge in [-0.05, 0) is 26.8 Å². The number of anilines is 1. The van der Waals surface area contributed by atoms with Gasteiger partial charge in [0, 0.05) is 12.2 Å². The fourth-order valence-corrected chi connectivity index (χ4v) is 1.61. The van der Waals surface area contributed by atoms with Gasteiger partial charge in [0.1, 0.15) is 17.2 Å². The van der Waals surface area contributed by atoms with E-state index >= 15 is 0 Å². The van der Waals surface area contributed by atoms with Gasteiger partial charge in [0.2, 0.25) is 5.95 Å². The van der Waals surface area contributed by atoms with Crippen molar-refractivity contribution in [3.8, 4) is 0 Å². The van der Waals surface area contributed by atoms with Crippen LogP contribution in [0.25, 0.3) is 0 Å². The van der Waals surface area contributed by atoms with Crippen LogP contribution in [0.15, 0.2) is 6.07 Å². The molecule has 19 heavy (non-hydrogen) atoms. The standard InChI is InChI=1S/C12H18N4O2S/c1-4-16(7-10(17)18-5-2)12-14-8(3)6-9(15-12)11(13)19/h6H,4-5,7H2,1-3H3,(H2,13,19). The molecule has 0 saturated carbocycles. The van der Waals surface area contributed by atoms with E-state index < -0.39 is 0 Å². The second kappa shape index (κ2) is 6.98. The zero-order valence-electron chi connectivity index (χ0n) is 11.3. The van der Waals surface area contributed by atoms with Gasteiger partial charge in [-0.2, -0.15) is 0 Å². The molecule has 0 aliphatic carbocycles. The molecular formula is C12H18N4O2S. The van der Waals surface area contributed by atoms with Crippen LogP contribution in [-0.2, 0) is 9.53 Å². The molecule has 0 bridgehead atoms. The Kier molecular flexibility index (Phi) is 5.62. The van der Waals surface area contributed by atoms with Crippen LogP contribution in [0.2, 0.25) is 0 Å². The van der Waals surface area contributed by atoms with Crippen LogP contribution >= 0.6 is 12.2 Å². The number of hydrogen-bond donors (Lipinski definition) is 1. The predicted molar refractivity (Wildman–Crippen MR) is 77.2 cm³/mol. The molecule has 0 saturated heterocycles. The van der Waals surface area contributed by atoms with Gasteiger partial charge in [-0.25, -0.2) is 9.97 Å². The van der Waals surface area contributed by atoms with E-state index in [-0.39, 0.29) is 17.5 Å². The van der Waals surface area contributed by atoms with Gasteiger partial charge in [0.15, 0.2) is 0 Å². The first kappa shape index (κ1) is 15.3. The Hall–Kier alpha value is -1.76. The van der Waals surface area contributed by atoms with Gasteiger partial charge in [0.05, 0.1) is 6.61 Å². The lowest BCUT2D eigenvalue weighted by Crippen LogP contribution is -2.33. The lowest BCUT2D eigenvalue weighted by Gasteiger charge is -2.20. The van der Waals surface area contributed by atoms with Crippen molar-refractivity contribution in [1.29, 1.82) is 0 Å². The summed E-state index contributed by atoms with van der Waals surface area (Å²) in [5.41, 5.74) is 6.82. The Balaban J connectivity index is 2.97. The molecule has 1 heterocycles. The molecule has 7 heteroatoms. The molecule has 0 aromatic carbocycles. The summed E-state index contributed by atoms with van der Waals surface area (Å²) in [4.78, 5) is 22.0. The van der Waals surface area contributed by atoms with Gasteiger partial charge in [-0.1, -0.05) is 12.2 Å². The summed E-state index contributed by atoms with van der Waals surface area (Å²) in [6, 6.07) is 1.71. The lowest BCUT2D eigenvalue weighted by atomic mass is 10.3. The van der Waals surface area contributed by atoms with Crippen LogP contribution in [0.4, 0.5) is 5.95 Å². The zero-order valence-corrected chi connectivity index (χ0v) is 12.2. The summed E-state index contributed by atoms with van der Waals surface area (Å²) < 4.78 is 4.92. The van der Waals surface area contributed by atoms with Crippen LogP contribution in [-0.4, -0.2) is 40.6 Å². The van der Waals surface area contributed by atoms with E-state index in [4.69, 9.17) is 22.7 Å². The van der Waals surface area contributed by atoms with E-state index in [1.165, 1.54) is 0 Å². The highest BCUT2D eigenvalue weighted by atomic mass is 32.1. The fraction of sp³-hybridized carbons (Fsp3) is 0.500.